The Hall–Kier alpha value is -3.98. The molecule has 8 nitrogen and oxygen atoms in total. The Balaban J connectivity index is 1.57. The highest BCUT2D eigenvalue weighted by atomic mass is 32.1. The molecule has 2 aromatic carbocycles. The maximum atomic E-state index is 12.9. The van der Waals surface area contributed by atoms with E-state index in [1.807, 2.05) is 24.3 Å². The molecule has 4 rings (SSSR count). The Morgan fingerprint density at radius 2 is 1.81 bits per heavy atom. The average Bonchev–Trinajstić information content (AvgIpc) is 3.21. The molecular formula is C23H20N4O4S. The van der Waals surface area contributed by atoms with E-state index in [0.717, 1.165) is 11.1 Å². The molecule has 1 amide bonds. The summed E-state index contributed by atoms with van der Waals surface area (Å²) in [6.07, 6.45) is 0. The lowest BCUT2D eigenvalue weighted by Gasteiger charge is -2.08. The number of carbonyl (C=O) groups excluding carboxylic acids is 1. The number of H-pyrrole nitrogens is 1. The first kappa shape index (κ1) is 21.3. The number of rotatable bonds is 6. The van der Waals surface area contributed by atoms with Crippen LogP contribution < -0.4 is 20.3 Å². The third kappa shape index (κ3) is 4.37. The van der Waals surface area contributed by atoms with E-state index < -0.39 is 0 Å². The maximum absolute atomic E-state index is 12.9. The zero-order valence-corrected chi connectivity index (χ0v) is 18.4. The summed E-state index contributed by atoms with van der Waals surface area (Å²) in [6, 6.07) is 15.8. The molecule has 0 radical (unpaired) electrons. The zero-order valence-electron chi connectivity index (χ0n) is 17.6. The largest absolute Gasteiger partial charge is 0.493 e. The van der Waals surface area contributed by atoms with Crippen LogP contribution in [0.3, 0.4) is 0 Å². The van der Waals surface area contributed by atoms with Crippen molar-refractivity contribution in [1.29, 1.82) is 0 Å². The van der Waals surface area contributed by atoms with Crippen LogP contribution in [-0.2, 0) is 0 Å². The lowest BCUT2D eigenvalue weighted by molar-refractivity contribution is 0.103. The summed E-state index contributed by atoms with van der Waals surface area (Å²) in [4.78, 5) is 29.3. The summed E-state index contributed by atoms with van der Waals surface area (Å²) in [5.74, 6) is 0.967. The van der Waals surface area contributed by atoms with Gasteiger partial charge in [0.25, 0.3) is 11.5 Å². The third-order valence-electron chi connectivity index (χ3n) is 4.73. The number of nitrogens with zero attached hydrogens (tertiary/aromatic N) is 2. The predicted octanol–water partition coefficient (Wildman–Crippen LogP) is 4.14. The molecule has 2 aromatic heterocycles. The zero-order chi connectivity index (χ0) is 22.7. The van der Waals surface area contributed by atoms with E-state index in [0.29, 0.717) is 38.5 Å². The lowest BCUT2D eigenvalue weighted by atomic mass is 10.1. The van der Waals surface area contributed by atoms with E-state index in [1.54, 1.807) is 45.4 Å². The van der Waals surface area contributed by atoms with E-state index in [4.69, 9.17) is 9.47 Å². The Labute approximate surface area is 187 Å². The number of hydrogen-bond donors (Lipinski definition) is 2. The molecule has 2 heterocycles. The van der Waals surface area contributed by atoms with Crippen molar-refractivity contribution in [2.75, 3.05) is 19.5 Å². The lowest BCUT2D eigenvalue weighted by Crippen LogP contribution is -2.11. The Morgan fingerprint density at radius 3 is 2.53 bits per heavy atom. The number of amides is 1. The van der Waals surface area contributed by atoms with Crippen molar-refractivity contribution in [2.45, 2.75) is 6.92 Å². The average molecular weight is 449 g/mol. The van der Waals surface area contributed by atoms with Gasteiger partial charge >= 0.3 is 0 Å². The summed E-state index contributed by atoms with van der Waals surface area (Å²) >= 11 is 1.30. The molecule has 0 aliphatic heterocycles. The van der Waals surface area contributed by atoms with Gasteiger partial charge in [-0.15, -0.1) is 11.3 Å². The van der Waals surface area contributed by atoms with E-state index in [9.17, 15) is 9.59 Å². The number of carbonyl (C=O) groups is 1. The van der Waals surface area contributed by atoms with Crippen LogP contribution in [0.15, 0.2) is 59.4 Å². The third-order valence-corrected chi connectivity index (χ3v) is 5.93. The van der Waals surface area contributed by atoms with Crippen LogP contribution in [0.4, 0.5) is 5.69 Å². The predicted molar refractivity (Wildman–Crippen MR) is 124 cm³/mol. The summed E-state index contributed by atoms with van der Waals surface area (Å²) in [6.45, 7) is 1.80. The molecule has 9 heteroatoms. The molecule has 0 aliphatic carbocycles. The van der Waals surface area contributed by atoms with Crippen LogP contribution in [0.1, 0.15) is 15.4 Å². The van der Waals surface area contributed by atoms with Gasteiger partial charge < -0.3 is 14.8 Å². The fraction of sp³-hybridized carbons (Fsp3) is 0.130. The van der Waals surface area contributed by atoms with E-state index >= 15 is 0 Å². The first-order valence-corrected chi connectivity index (χ1v) is 10.5. The number of hydrogen-bond acceptors (Lipinski definition) is 7. The molecule has 0 fully saturated rings. The molecule has 0 atom stereocenters. The summed E-state index contributed by atoms with van der Waals surface area (Å²) in [5.41, 5.74) is 3.18. The summed E-state index contributed by atoms with van der Waals surface area (Å²) in [5, 5.41) is 10.1. The first-order chi connectivity index (χ1) is 15.5. The van der Waals surface area contributed by atoms with E-state index in [2.05, 4.69) is 20.5 Å². The highest BCUT2D eigenvalue weighted by molar-refractivity contribution is 7.17. The van der Waals surface area contributed by atoms with Gasteiger partial charge in [0, 0.05) is 22.9 Å². The standard InChI is InChI=1S/C23H20N4O4S/c1-13-21(32-23(24-13)15-7-9-18(30-2)19(12-15)31-3)22(29)25-16-6-4-5-14(11-16)17-8-10-20(28)27-26-17/h4-12H,1-3H3,(H,25,29)(H,27,28). The van der Waals surface area contributed by atoms with Crippen LogP contribution in [0.5, 0.6) is 11.5 Å². The molecular weight excluding hydrogens is 428 g/mol. The molecule has 4 aromatic rings. The molecule has 32 heavy (non-hydrogen) atoms. The van der Waals surface area contributed by atoms with Crippen molar-refractivity contribution in [1.82, 2.24) is 15.2 Å². The smallest absolute Gasteiger partial charge is 0.267 e. The minimum atomic E-state index is -0.274. The van der Waals surface area contributed by atoms with Crippen LogP contribution in [-0.4, -0.2) is 35.3 Å². The maximum Gasteiger partial charge on any atom is 0.267 e. The number of ether oxygens (including phenoxy) is 2. The molecule has 0 aliphatic rings. The van der Waals surface area contributed by atoms with Gasteiger partial charge in [0.2, 0.25) is 0 Å². The van der Waals surface area contributed by atoms with Crippen LogP contribution in [0.25, 0.3) is 21.8 Å². The molecule has 0 spiro atoms. The molecule has 0 bridgehead atoms. The fourth-order valence-electron chi connectivity index (χ4n) is 3.15. The van der Waals surface area contributed by atoms with Crippen molar-refractivity contribution < 1.29 is 14.3 Å². The fourth-order valence-corrected chi connectivity index (χ4v) is 4.11. The highest BCUT2D eigenvalue weighted by Crippen LogP contribution is 2.35. The number of aromatic amines is 1. The monoisotopic (exact) mass is 448 g/mol. The second-order valence-corrected chi connectivity index (χ2v) is 7.84. The van der Waals surface area contributed by atoms with Gasteiger partial charge in [0.15, 0.2) is 11.5 Å². The van der Waals surface area contributed by atoms with Gasteiger partial charge in [-0.25, -0.2) is 10.1 Å². The van der Waals surface area contributed by atoms with E-state index in [-0.39, 0.29) is 11.5 Å². The Kier molecular flexibility index (Phi) is 6.00. The van der Waals surface area contributed by atoms with Crippen molar-refractivity contribution in [3.8, 4) is 33.3 Å². The SMILES string of the molecule is COc1ccc(-c2nc(C)c(C(=O)Nc3cccc(-c4ccc(=O)[nH]n4)c3)s2)cc1OC. The number of anilines is 1. The number of nitrogens with one attached hydrogen (secondary N) is 2. The van der Waals surface area contributed by atoms with Gasteiger partial charge in [-0.3, -0.25) is 9.59 Å². The number of aryl methyl sites for hydroxylation is 1. The Morgan fingerprint density at radius 1 is 1.00 bits per heavy atom. The van der Waals surface area contributed by atoms with Crippen molar-refractivity contribution in [3.05, 3.63) is 75.5 Å². The quantitative estimate of drug-likeness (QED) is 0.459. The minimum absolute atomic E-state index is 0.252. The van der Waals surface area contributed by atoms with Gasteiger partial charge in [-0.2, -0.15) is 5.10 Å². The number of aromatic nitrogens is 3. The Bertz CT molecular complexity index is 1330. The number of methoxy groups -OCH3 is 2. The number of thiazole rings is 1. The van der Waals surface area contributed by atoms with Crippen molar-refractivity contribution in [3.63, 3.8) is 0 Å². The summed E-state index contributed by atoms with van der Waals surface area (Å²) in [7, 11) is 3.15. The minimum Gasteiger partial charge on any atom is -0.493 e. The van der Waals surface area contributed by atoms with Gasteiger partial charge in [-0.1, -0.05) is 12.1 Å². The van der Waals surface area contributed by atoms with Gasteiger partial charge in [-0.05, 0) is 43.3 Å². The number of benzene rings is 2. The molecule has 0 saturated carbocycles. The normalized spacial score (nSPS) is 10.6. The van der Waals surface area contributed by atoms with Crippen molar-refractivity contribution in [2.24, 2.45) is 0 Å². The molecule has 0 unspecified atom stereocenters. The van der Waals surface area contributed by atoms with Gasteiger partial charge in [0.1, 0.15) is 9.88 Å². The van der Waals surface area contributed by atoms with Crippen LogP contribution in [0.2, 0.25) is 0 Å². The summed E-state index contributed by atoms with van der Waals surface area (Å²) < 4.78 is 10.6. The molecule has 0 saturated heterocycles. The van der Waals surface area contributed by atoms with Crippen LogP contribution >= 0.6 is 11.3 Å². The second-order valence-electron chi connectivity index (χ2n) is 6.84. The van der Waals surface area contributed by atoms with Gasteiger partial charge in [0.05, 0.1) is 25.6 Å². The van der Waals surface area contributed by atoms with Crippen LogP contribution in [0, 0.1) is 6.92 Å². The van der Waals surface area contributed by atoms with Crippen molar-refractivity contribution >= 4 is 22.9 Å². The first-order valence-electron chi connectivity index (χ1n) is 9.66. The van der Waals surface area contributed by atoms with E-state index in [1.165, 1.54) is 17.4 Å². The molecule has 2 N–H and O–H groups in total. The molecule has 162 valence electrons. The second kappa shape index (κ2) is 9.03. The topological polar surface area (TPSA) is 106 Å². The highest BCUT2D eigenvalue weighted by Gasteiger charge is 2.18.